The molecule has 0 radical (unpaired) electrons. The maximum atomic E-state index is 11.7. The molecule has 0 aliphatic carbocycles. The zero-order valence-electron chi connectivity index (χ0n) is 14.8. The van der Waals surface area contributed by atoms with Crippen molar-refractivity contribution in [1.29, 1.82) is 0 Å². The van der Waals surface area contributed by atoms with Crippen molar-refractivity contribution >= 4 is 17.3 Å². The molecule has 2 aromatic carbocycles. The van der Waals surface area contributed by atoms with E-state index in [0.717, 1.165) is 42.9 Å². The third-order valence-corrected chi connectivity index (χ3v) is 4.81. The number of likely N-dealkylation sites (N-methyl/N-ethyl adjacent to an activating group) is 1. The molecular formula is C19H21N3O4. The Morgan fingerprint density at radius 3 is 2.27 bits per heavy atom. The molecule has 0 saturated carbocycles. The predicted octanol–water partition coefficient (Wildman–Crippen LogP) is 3.02. The number of aromatic carboxylic acids is 1. The van der Waals surface area contributed by atoms with E-state index in [1.807, 2.05) is 20.0 Å². The number of carbonyl (C=O) groups is 1. The van der Waals surface area contributed by atoms with Gasteiger partial charge in [0.15, 0.2) is 0 Å². The fourth-order valence-corrected chi connectivity index (χ4v) is 3.23. The van der Waals surface area contributed by atoms with Crippen LogP contribution in [0.4, 0.5) is 11.4 Å². The predicted molar refractivity (Wildman–Crippen MR) is 99.9 cm³/mol. The minimum absolute atomic E-state index is 0.0810. The summed E-state index contributed by atoms with van der Waals surface area (Å²) >= 11 is 0. The van der Waals surface area contributed by atoms with Crippen molar-refractivity contribution in [2.75, 3.05) is 38.1 Å². The minimum Gasteiger partial charge on any atom is -0.478 e. The topological polar surface area (TPSA) is 86.9 Å². The summed E-state index contributed by atoms with van der Waals surface area (Å²) in [4.78, 5) is 26.6. The lowest BCUT2D eigenvalue weighted by Gasteiger charge is -2.34. The molecule has 1 aliphatic heterocycles. The van der Waals surface area contributed by atoms with Gasteiger partial charge in [0.2, 0.25) is 0 Å². The number of nitrogens with zero attached hydrogens (tertiary/aromatic N) is 3. The van der Waals surface area contributed by atoms with Crippen LogP contribution in [-0.2, 0) is 0 Å². The first-order valence-corrected chi connectivity index (χ1v) is 8.43. The molecular weight excluding hydrogens is 334 g/mol. The van der Waals surface area contributed by atoms with E-state index in [-0.39, 0.29) is 16.2 Å². The van der Waals surface area contributed by atoms with Crippen molar-refractivity contribution in [1.82, 2.24) is 4.90 Å². The van der Waals surface area contributed by atoms with E-state index in [2.05, 4.69) is 9.80 Å². The van der Waals surface area contributed by atoms with Crippen molar-refractivity contribution < 1.29 is 14.8 Å². The highest BCUT2D eigenvalue weighted by atomic mass is 16.6. The number of benzene rings is 2. The Bertz CT molecular complexity index is 841. The van der Waals surface area contributed by atoms with Crippen LogP contribution in [-0.4, -0.2) is 54.1 Å². The van der Waals surface area contributed by atoms with Gasteiger partial charge in [-0.1, -0.05) is 12.1 Å². The van der Waals surface area contributed by atoms with Gasteiger partial charge < -0.3 is 14.9 Å². The molecule has 0 unspecified atom stereocenters. The van der Waals surface area contributed by atoms with Crippen LogP contribution < -0.4 is 4.90 Å². The standard InChI is InChI=1S/C19H21N3O4/c1-13-11-17(21-9-7-20(2)8-10-21)18(22(25)26)12-16(13)14-3-5-15(6-4-14)19(23)24/h3-6,11-12H,7-10H2,1-2H3,(H,23,24). The van der Waals surface area contributed by atoms with Gasteiger partial charge in [-0.2, -0.15) is 0 Å². The first-order chi connectivity index (χ1) is 12.4. The van der Waals surface area contributed by atoms with Crippen molar-refractivity contribution in [3.63, 3.8) is 0 Å². The van der Waals surface area contributed by atoms with Crippen LogP contribution in [0, 0.1) is 17.0 Å². The Hall–Kier alpha value is -2.93. The zero-order chi connectivity index (χ0) is 18.8. The SMILES string of the molecule is Cc1cc(N2CCN(C)CC2)c([N+](=O)[O-])cc1-c1ccc(C(=O)O)cc1. The van der Waals surface area contributed by atoms with Crippen LogP contribution >= 0.6 is 0 Å². The summed E-state index contributed by atoms with van der Waals surface area (Å²) < 4.78 is 0. The quantitative estimate of drug-likeness (QED) is 0.670. The van der Waals surface area contributed by atoms with E-state index in [1.54, 1.807) is 18.2 Å². The lowest BCUT2D eigenvalue weighted by atomic mass is 9.97. The number of carboxylic acids is 1. The van der Waals surface area contributed by atoms with Crippen LogP contribution in [0.2, 0.25) is 0 Å². The van der Waals surface area contributed by atoms with E-state index < -0.39 is 5.97 Å². The maximum Gasteiger partial charge on any atom is 0.335 e. The molecule has 1 aliphatic rings. The number of rotatable bonds is 4. The molecule has 26 heavy (non-hydrogen) atoms. The number of anilines is 1. The van der Waals surface area contributed by atoms with Gasteiger partial charge in [-0.15, -0.1) is 0 Å². The van der Waals surface area contributed by atoms with Gasteiger partial charge in [-0.3, -0.25) is 10.1 Å². The molecule has 7 heteroatoms. The molecule has 136 valence electrons. The average Bonchev–Trinajstić information content (AvgIpc) is 2.62. The van der Waals surface area contributed by atoms with E-state index in [1.165, 1.54) is 12.1 Å². The number of aryl methyl sites for hydroxylation is 1. The molecule has 1 heterocycles. The number of carboxylic acid groups (broad SMARTS) is 1. The zero-order valence-corrected chi connectivity index (χ0v) is 14.8. The van der Waals surface area contributed by atoms with Gasteiger partial charge in [0.05, 0.1) is 10.5 Å². The summed E-state index contributed by atoms with van der Waals surface area (Å²) in [6.07, 6.45) is 0. The van der Waals surface area contributed by atoms with E-state index in [4.69, 9.17) is 5.11 Å². The van der Waals surface area contributed by atoms with Gasteiger partial charge in [-0.25, -0.2) is 4.79 Å². The summed E-state index contributed by atoms with van der Waals surface area (Å²) in [6.45, 7) is 5.17. The van der Waals surface area contributed by atoms with Crippen molar-refractivity contribution in [3.8, 4) is 11.1 Å². The Kier molecular flexibility index (Phi) is 4.90. The normalized spacial score (nSPS) is 15.1. The molecule has 7 nitrogen and oxygen atoms in total. The molecule has 0 spiro atoms. The van der Waals surface area contributed by atoms with Gasteiger partial charge in [-0.05, 0) is 48.9 Å². The molecule has 0 bridgehead atoms. The van der Waals surface area contributed by atoms with Crippen molar-refractivity contribution in [2.24, 2.45) is 0 Å². The van der Waals surface area contributed by atoms with Crippen LogP contribution in [0.15, 0.2) is 36.4 Å². The fraction of sp³-hybridized carbons (Fsp3) is 0.316. The monoisotopic (exact) mass is 355 g/mol. The third-order valence-electron chi connectivity index (χ3n) is 4.81. The highest BCUT2D eigenvalue weighted by Crippen LogP contribution is 2.36. The highest BCUT2D eigenvalue weighted by Gasteiger charge is 2.24. The number of piperazine rings is 1. The van der Waals surface area contributed by atoms with Crippen molar-refractivity contribution in [2.45, 2.75) is 6.92 Å². The number of hydrogen-bond acceptors (Lipinski definition) is 5. The second kappa shape index (κ2) is 7.13. The van der Waals surface area contributed by atoms with Crippen molar-refractivity contribution in [3.05, 3.63) is 57.6 Å². The molecule has 1 saturated heterocycles. The first kappa shape index (κ1) is 17.9. The Morgan fingerprint density at radius 1 is 1.12 bits per heavy atom. The molecule has 0 aromatic heterocycles. The molecule has 0 amide bonds. The number of hydrogen-bond donors (Lipinski definition) is 1. The van der Waals surface area contributed by atoms with E-state index >= 15 is 0 Å². The molecule has 1 N–H and O–H groups in total. The molecule has 3 rings (SSSR count). The second-order valence-corrected chi connectivity index (χ2v) is 6.59. The van der Waals surface area contributed by atoms with Gasteiger partial charge in [0.1, 0.15) is 5.69 Å². The summed E-state index contributed by atoms with van der Waals surface area (Å²) in [6, 6.07) is 9.85. The molecule has 2 aromatic rings. The van der Waals surface area contributed by atoms with Crippen LogP contribution in [0.5, 0.6) is 0 Å². The van der Waals surface area contributed by atoms with Crippen LogP contribution in [0.25, 0.3) is 11.1 Å². The summed E-state index contributed by atoms with van der Waals surface area (Å²) in [5.41, 5.74) is 3.35. The number of nitro groups is 1. The summed E-state index contributed by atoms with van der Waals surface area (Å²) in [5.74, 6) is -0.996. The van der Waals surface area contributed by atoms with E-state index in [9.17, 15) is 14.9 Å². The number of nitro benzene ring substituents is 1. The minimum atomic E-state index is -0.996. The average molecular weight is 355 g/mol. The van der Waals surface area contributed by atoms with Gasteiger partial charge in [0, 0.05) is 32.2 Å². The van der Waals surface area contributed by atoms with Gasteiger partial charge >= 0.3 is 5.97 Å². The lowest BCUT2D eigenvalue weighted by Crippen LogP contribution is -2.44. The maximum absolute atomic E-state index is 11.7. The van der Waals surface area contributed by atoms with E-state index in [0.29, 0.717) is 5.69 Å². The van der Waals surface area contributed by atoms with Gasteiger partial charge in [0.25, 0.3) is 5.69 Å². The van der Waals surface area contributed by atoms with Crippen LogP contribution in [0.1, 0.15) is 15.9 Å². The second-order valence-electron chi connectivity index (χ2n) is 6.59. The van der Waals surface area contributed by atoms with Crippen LogP contribution in [0.3, 0.4) is 0 Å². The molecule has 1 fully saturated rings. The first-order valence-electron chi connectivity index (χ1n) is 8.43. The Balaban J connectivity index is 2.01. The third kappa shape index (κ3) is 3.52. The summed E-state index contributed by atoms with van der Waals surface area (Å²) in [7, 11) is 2.04. The molecule has 0 atom stereocenters. The highest BCUT2D eigenvalue weighted by molar-refractivity contribution is 5.88. The fourth-order valence-electron chi connectivity index (χ4n) is 3.23. The smallest absolute Gasteiger partial charge is 0.335 e. The lowest BCUT2D eigenvalue weighted by molar-refractivity contribution is -0.384. The largest absolute Gasteiger partial charge is 0.478 e. The summed E-state index contributed by atoms with van der Waals surface area (Å²) in [5, 5.41) is 20.7. The Morgan fingerprint density at radius 2 is 1.73 bits per heavy atom. The Labute approximate surface area is 151 Å².